The topological polar surface area (TPSA) is 57.9 Å². The maximum atomic E-state index is 9.88. The molecule has 130 valence electrons. The van der Waals surface area contributed by atoms with E-state index in [-0.39, 0.29) is 11.8 Å². The Morgan fingerprint density at radius 1 is 1.25 bits per heavy atom. The van der Waals surface area contributed by atoms with E-state index >= 15 is 0 Å². The third kappa shape index (κ3) is 3.91. The number of hydrogen-bond donors (Lipinski definition) is 2. The second kappa shape index (κ2) is 7.73. The molecule has 0 saturated carbocycles. The highest BCUT2D eigenvalue weighted by Gasteiger charge is 2.25. The molecule has 1 aliphatic heterocycles. The Labute approximate surface area is 143 Å². The SMILES string of the molecule is COc1ccc(CNCC(c2ccc(C)o2)N2CCCC2)cc1O. The van der Waals surface area contributed by atoms with E-state index in [9.17, 15) is 5.11 Å². The summed E-state index contributed by atoms with van der Waals surface area (Å²) in [7, 11) is 1.55. The van der Waals surface area contributed by atoms with Gasteiger partial charge in [0.25, 0.3) is 0 Å². The first-order chi connectivity index (χ1) is 11.7. The number of rotatable bonds is 7. The smallest absolute Gasteiger partial charge is 0.160 e. The second-order valence-corrected chi connectivity index (χ2v) is 6.34. The van der Waals surface area contributed by atoms with Gasteiger partial charge in [0.05, 0.1) is 13.2 Å². The molecule has 2 aromatic rings. The molecular weight excluding hydrogens is 304 g/mol. The first-order valence-electron chi connectivity index (χ1n) is 8.54. The van der Waals surface area contributed by atoms with Crippen LogP contribution in [-0.4, -0.2) is 36.8 Å². The number of methoxy groups -OCH3 is 1. The lowest BCUT2D eigenvalue weighted by molar-refractivity contribution is 0.207. The van der Waals surface area contributed by atoms with Gasteiger partial charge in [0.15, 0.2) is 11.5 Å². The van der Waals surface area contributed by atoms with Gasteiger partial charge in [0, 0.05) is 13.1 Å². The quantitative estimate of drug-likeness (QED) is 0.816. The van der Waals surface area contributed by atoms with E-state index in [4.69, 9.17) is 9.15 Å². The zero-order valence-corrected chi connectivity index (χ0v) is 14.4. The minimum atomic E-state index is 0.176. The molecule has 0 amide bonds. The number of furan rings is 1. The molecule has 0 aliphatic carbocycles. The Morgan fingerprint density at radius 2 is 2.04 bits per heavy atom. The van der Waals surface area contributed by atoms with Crippen LogP contribution < -0.4 is 10.1 Å². The van der Waals surface area contributed by atoms with Crippen molar-refractivity contribution >= 4 is 0 Å². The van der Waals surface area contributed by atoms with Gasteiger partial charge < -0.3 is 19.6 Å². The highest BCUT2D eigenvalue weighted by molar-refractivity contribution is 5.41. The van der Waals surface area contributed by atoms with Gasteiger partial charge in [0.1, 0.15) is 11.5 Å². The van der Waals surface area contributed by atoms with Crippen LogP contribution in [0.4, 0.5) is 0 Å². The number of nitrogens with zero attached hydrogens (tertiary/aromatic N) is 1. The van der Waals surface area contributed by atoms with Crippen LogP contribution in [0.2, 0.25) is 0 Å². The lowest BCUT2D eigenvalue weighted by atomic mass is 10.1. The van der Waals surface area contributed by atoms with Crippen LogP contribution >= 0.6 is 0 Å². The summed E-state index contributed by atoms with van der Waals surface area (Å²) in [4.78, 5) is 2.48. The third-order valence-electron chi connectivity index (χ3n) is 4.58. The molecule has 1 aromatic carbocycles. The molecule has 1 aliphatic rings. The summed E-state index contributed by atoms with van der Waals surface area (Å²) in [6.07, 6.45) is 2.51. The van der Waals surface area contributed by atoms with Crippen LogP contribution in [0.1, 0.15) is 36.0 Å². The molecule has 1 atom stereocenters. The van der Waals surface area contributed by atoms with Gasteiger partial charge in [-0.05, 0) is 62.7 Å². The lowest BCUT2D eigenvalue weighted by Crippen LogP contribution is -2.33. The molecular formula is C19H26N2O3. The number of phenols is 1. The predicted octanol–water partition coefficient (Wildman–Crippen LogP) is 3.23. The molecule has 3 rings (SSSR count). The largest absolute Gasteiger partial charge is 0.504 e. The van der Waals surface area contributed by atoms with Crippen molar-refractivity contribution in [2.24, 2.45) is 0 Å². The van der Waals surface area contributed by atoms with Crippen molar-refractivity contribution in [2.45, 2.75) is 32.4 Å². The fraction of sp³-hybridized carbons (Fsp3) is 0.474. The van der Waals surface area contributed by atoms with E-state index in [1.807, 2.05) is 19.1 Å². The molecule has 2 heterocycles. The molecule has 1 aromatic heterocycles. The second-order valence-electron chi connectivity index (χ2n) is 6.34. The Bertz CT molecular complexity index is 662. The minimum Gasteiger partial charge on any atom is -0.504 e. The highest BCUT2D eigenvalue weighted by atomic mass is 16.5. The average Bonchev–Trinajstić information content (AvgIpc) is 3.24. The Balaban J connectivity index is 1.62. The van der Waals surface area contributed by atoms with Gasteiger partial charge in [0.2, 0.25) is 0 Å². The summed E-state index contributed by atoms with van der Waals surface area (Å²) >= 11 is 0. The summed E-state index contributed by atoms with van der Waals surface area (Å²) in [5, 5.41) is 13.4. The molecule has 0 bridgehead atoms. The number of likely N-dealkylation sites (tertiary alicyclic amines) is 1. The molecule has 1 saturated heterocycles. The summed E-state index contributed by atoms with van der Waals surface area (Å²) in [5.74, 6) is 2.66. The zero-order valence-electron chi connectivity index (χ0n) is 14.4. The number of hydrogen-bond acceptors (Lipinski definition) is 5. The molecule has 1 fully saturated rings. The van der Waals surface area contributed by atoms with E-state index in [0.717, 1.165) is 36.7 Å². The van der Waals surface area contributed by atoms with Crippen LogP contribution in [0.25, 0.3) is 0 Å². The normalized spacial score (nSPS) is 16.4. The molecule has 5 nitrogen and oxygen atoms in total. The van der Waals surface area contributed by atoms with Crippen LogP contribution in [-0.2, 0) is 6.54 Å². The van der Waals surface area contributed by atoms with Crippen LogP contribution in [0.3, 0.4) is 0 Å². The van der Waals surface area contributed by atoms with Crippen molar-refractivity contribution in [3.63, 3.8) is 0 Å². The fourth-order valence-corrected chi connectivity index (χ4v) is 3.29. The lowest BCUT2D eigenvalue weighted by Gasteiger charge is -2.26. The van der Waals surface area contributed by atoms with Gasteiger partial charge in [-0.25, -0.2) is 0 Å². The highest BCUT2D eigenvalue weighted by Crippen LogP contribution is 2.27. The number of phenolic OH excluding ortho intramolecular Hbond substituents is 1. The molecule has 0 radical (unpaired) electrons. The monoisotopic (exact) mass is 330 g/mol. The standard InChI is InChI=1S/C19H26N2O3/c1-14-5-7-18(24-14)16(21-9-3-4-10-21)13-20-12-15-6-8-19(23-2)17(22)11-15/h5-8,11,16,20,22H,3-4,9-10,12-13H2,1-2H3. The predicted molar refractivity (Wildman–Crippen MR) is 93.4 cm³/mol. The molecule has 24 heavy (non-hydrogen) atoms. The molecule has 2 N–H and O–H groups in total. The van der Waals surface area contributed by atoms with Gasteiger partial charge in [-0.15, -0.1) is 0 Å². The van der Waals surface area contributed by atoms with Crippen LogP contribution in [0.5, 0.6) is 11.5 Å². The van der Waals surface area contributed by atoms with E-state index in [0.29, 0.717) is 12.3 Å². The number of nitrogens with one attached hydrogen (secondary N) is 1. The van der Waals surface area contributed by atoms with Crippen molar-refractivity contribution < 1.29 is 14.3 Å². The summed E-state index contributed by atoms with van der Waals surface area (Å²) in [6.45, 7) is 5.74. The molecule has 0 spiro atoms. The third-order valence-corrected chi connectivity index (χ3v) is 4.58. The van der Waals surface area contributed by atoms with E-state index in [2.05, 4.69) is 16.3 Å². The molecule has 5 heteroatoms. The van der Waals surface area contributed by atoms with Gasteiger partial charge >= 0.3 is 0 Å². The van der Waals surface area contributed by atoms with Crippen molar-refractivity contribution in [2.75, 3.05) is 26.7 Å². The first-order valence-corrected chi connectivity index (χ1v) is 8.54. The Hall–Kier alpha value is -1.98. The first kappa shape index (κ1) is 16.9. The zero-order chi connectivity index (χ0) is 16.9. The van der Waals surface area contributed by atoms with Crippen molar-refractivity contribution in [1.29, 1.82) is 0 Å². The van der Waals surface area contributed by atoms with Gasteiger partial charge in [-0.1, -0.05) is 6.07 Å². The average molecular weight is 330 g/mol. The number of aryl methyl sites for hydroxylation is 1. The summed E-state index contributed by atoms with van der Waals surface area (Å²) < 4.78 is 11.0. The maximum absolute atomic E-state index is 9.88. The number of aromatic hydroxyl groups is 1. The number of benzene rings is 1. The fourth-order valence-electron chi connectivity index (χ4n) is 3.29. The molecule has 1 unspecified atom stereocenters. The minimum absolute atomic E-state index is 0.176. The van der Waals surface area contributed by atoms with Crippen LogP contribution in [0.15, 0.2) is 34.7 Å². The van der Waals surface area contributed by atoms with E-state index in [1.165, 1.54) is 12.8 Å². The van der Waals surface area contributed by atoms with Crippen molar-refractivity contribution in [1.82, 2.24) is 10.2 Å². The summed E-state index contributed by atoms with van der Waals surface area (Å²) in [6, 6.07) is 9.87. The van der Waals surface area contributed by atoms with E-state index < -0.39 is 0 Å². The van der Waals surface area contributed by atoms with Crippen molar-refractivity contribution in [3.05, 3.63) is 47.4 Å². The Morgan fingerprint density at radius 3 is 2.67 bits per heavy atom. The number of ether oxygens (including phenoxy) is 1. The van der Waals surface area contributed by atoms with Crippen LogP contribution in [0, 0.1) is 6.92 Å². The van der Waals surface area contributed by atoms with E-state index in [1.54, 1.807) is 19.2 Å². The van der Waals surface area contributed by atoms with Gasteiger partial charge in [-0.2, -0.15) is 0 Å². The maximum Gasteiger partial charge on any atom is 0.160 e. The summed E-state index contributed by atoms with van der Waals surface area (Å²) in [5.41, 5.74) is 1.03. The Kier molecular flexibility index (Phi) is 5.43. The van der Waals surface area contributed by atoms with Gasteiger partial charge in [-0.3, -0.25) is 4.90 Å². The van der Waals surface area contributed by atoms with Crippen molar-refractivity contribution in [3.8, 4) is 11.5 Å².